The number of aliphatic carboxylic acids is 1. The number of carbonyl (C=O) groups is 2. The minimum Gasteiger partial charge on any atom is -0.480 e. The highest BCUT2D eigenvalue weighted by molar-refractivity contribution is 6.30. The van der Waals surface area contributed by atoms with Crippen molar-refractivity contribution in [1.82, 2.24) is 9.80 Å². The van der Waals surface area contributed by atoms with Crippen molar-refractivity contribution in [3.8, 4) is 0 Å². The molecule has 1 aliphatic rings. The summed E-state index contributed by atoms with van der Waals surface area (Å²) in [7, 11) is 0. The molecule has 1 N–H and O–H groups in total. The Morgan fingerprint density at radius 3 is 2.76 bits per heavy atom. The maximum atomic E-state index is 12.4. The molecular formula is C15H19ClN2O3. The van der Waals surface area contributed by atoms with Gasteiger partial charge in [0.1, 0.15) is 0 Å². The van der Waals surface area contributed by atoms with Crippen LogP contribution in [0.4, 0.5) is 0 Å². The summed E-state index contributed by atoms with van der Waals surface area (Å²) in [5.74, 6) is -0.777. The highest BCUT2D eigenvalue weighted by atomic mass is 35.5. The van der Waals surface area contributed by atoms with Crippen LogP contribution in [0.1, 0.15) is 12.5 Å². The Balaban J connectivity index is 1.93. The quantitative estimate of drug-likeness (QED) is 0.915. The van der Waals surface area contributed by atoms with E-state index in [0.29, 0.717) is 31.1 Å². The number of rotatable bonds is 4. The highest BCUT2D eigenvalue weighted by Gasteiger charge is 2.28. The van der Waals surface area contributed by atoms with Crippen molar-refractivity contribution in [2.75, 3.05) is 26.2 Å². The maximum Gasteiger partial charge on any atom is 0.317 e. The molecule has 1 atom stereocenters. The van der Waals surface area contributed by atoms with Crippen LogP contribution >= 0.6 is 11.6 Å². The van der Waals surface area contributed by atoms with Crippen LogP contribution in [0.2, 0.25) is 5.02 Å². The molecule has 0 bridgehead atoms. The van der Waals surface area contributed by atoms with E-state index in [1.807, 2.05) is 28.9 Å². The van der Waals surface area contributed by atoms with Gasteiger partial charge in [0.25, 0.3) is 0 Å². The van der Waals surface area contributed by atoms with E-state index in [9.17, 15) is 9.59 Å². The van der Waals surface area contributed by atoms with Gasteiger partial charge in [-0.1, -0.05) is 23.7 Å². The Hall–Kier alpha value is -1.59. The second kappa shape index (κ2) is 6.91. The molecule has 1 aliphatic heterocycles. The van der Waals surface area contributed by atoms with Gasteiger partial charge in [-0.25, -0.2) is 0 Å². The number of hydrogen-bond donors (Lipinski definition) is 1. The molecule has 1 saturated heterocycles. The first-order valence-electron chi connectivity index (χ1n) is 6.94. The van der Waals surface area contributed by atoms with E-state index in [2.05, 4.69) is 0 Å². The van der Waals surface area contributed by atoms with Crippen molar-refractivity contribution >= 4 is 23.5 Å². The number of hydrogen-bond acceptors (Lipinski definition) is 3. The van der Waals surface area contributed by atoms with Gasteiger partial charge in [-0.2, -0.15) is 0 Å². The van der Waals surface area contributed by atoms with E-state index in [1.54, 1.807) is 12.1 Å². The van der Waals surface area contributed by atoms with Crippen LogP contribution in [0.3, 0.4) is 0 Å². The lowest BCUT2D eigenvalue weighted by Crippen LogP contribution is -2.55. The number of halogens is 1. The minimum atomic E-state index is -0.832. The fraction of sp³-hybridized carbons (Fsp3) is 0.467. The molecular weight excluding hydrogens is 292 g/mol. The second-order valence-corrected chi connectivity index (χ2v) is 5.81. The summed E-state index contributed by atoms with van der Waals surface area (Å²) >= 11 is 5.92. The molecule has 0 spiro atoms. The van der Waals surface area contributed by atoms with Gasteiger partial charge in [0, 0.05) is 30.7 Å². The molecule has 0 saturated carbocycles. The number of benzene rings is 1. The Labute approximate surface area is 129 Å². The van der Waals surface area contributed by atoms with E-state index in [1.165, 1.54) is 0 Å². The third kappa shape index (κ3) is 4.44. The zero-order chi connectivity index (χ0) is 15.4. The maximum absolute atomic E-state index is 12.4. The first-order valence-corrected chi connectivity index (χ1v) is 7.31. The SMILES string of the molecule is CC1CN(CC(=O)O)CCN1C(=O)Cc1cccc(Cl)c1. The smallest absolute Gasteiger partial charge is 0.317 e. The van der Waals surface area contributed by atoms with Crippen molar-refractivity contribution in [3.05, 3.63) is 34.9 Å². The van der Waals surface area contributed by atoms with E-state index < -0.39 is 5.97 Å². The van der Waals surface area contributed by atoms with Crippen LogP contribution in [0.25, 0.3) is 0 Å². The standard InChI is InChI=1S/C15H19ClN2O3/c1-11-9-17(10-15(20)21)5-6-18(11)14(19)8-12-3-2-4-13(16)7-12/h2-4,7,11H,5-6,8-10H2,1H3,(H,20,21). The van der Waals surface area contributed by atoms with E-state index in [4.69, 9.17) is 16.7 Å². The topological polar surface area (TPSA) is 60.9 Å². The fourth-order valence-corrected chi connectivity index (χ4v) is 2.87. The largest absolute Gasteiger partial charge is 0.480 e. The first-order chi connectivity index (χ1) is 9.95. The first kappa shape index (κ1) is 15.8. The molecule has 1 aromatic carbocycles. The lowest BCUT2D eigenvalue weighted by Gasteiger charge is -2.39. The lowest BCUT2D eigenvalue weighted by molar-refractivity contribution is -0.140. The number of piperazine rings is 1. The summed E-state index contributed by atoms with van der Waals surface area (Å²) in [5.41, 5.74) is 0.896. The summed E-state index contributed by atoms with van der Waals surface area (Å²) in [6.07, 6.45) is 0.323. The molecule has 114 valence electrons. The van der Waals surface area contributed by atoms with Gasteiger partial charge in [0.2, 0.25) is 5.91 Å². The minimum absolute atomic E-state index is 0.0183. The summed E-state index contributed by atoms with van der Waals surface area (Å²) < 4.78 is 0. The van der Waals surface area contributed by atoms with Crippen LogP contribution in [0, 0.1) is 0 Å². The molecule has 1 unspecified atom stereocenters. The van der Waals surface area contributed by atoms with Gasteiger partial charge >= 0.3 is 5.97 Å². The summed E-state index contributed by atoms with van der Waals surface area (Å²) in [4.78, 5) is 26.8. The van der Waals surface area contributed by atoms with E-state index in [0.717, 1.165) is 5.56 Å². The number of nitrogens with zero attached hydrogens (tertiary/aromatic N) is 2. The molecule has 1 amide bonds. The van der Waals surface area contributed by atoms with Crippen LogP contribution in [-0.4, -0.2) is 59.0 Å². The van der Waals surface area contributed by atoms with Gasteiger partial charge in [-0.15, -0.1) is 0 Å². The predicted octanol–water partition coefficient (Wildman–Crippen LogP) is 1.50. The average molecular weight is 311 g/mol. The number of carboxylic acid groups (broad SMARTS) is 1. The highest BCUT2D eigenvalue weighted by Crippen LogP contribution is 2.15. The van der Waals surface area contributed by atoms with Gasteiger partial charge in [0.15, 0.2) is 0 Å². The van der Waals surface area contributed by atoms with Crippen LogP contribution in [0.15, 0.2) is 24.3 Å². The van der Waals surface area contributed by atoms with Crippen molar-refractivity contribution in [2.45, 2.75) is 19.4 Å². The van der Waals surface area contributed by atoms with E-state index in [-0.39, 0.29) is 18.5 Å². The zero-order valence-corrected chi connectivity index (χ0v) is 12.7. The molecule has 2 rings (SSSR count). The molecule has 6 heteroatoms. The Bertz CT molecular complexity index is 535. The monoisotopic (exact) mass is 310 g/mol. The van der Waals surface area contributed by atoms with Crippen molar-refractivity contribution in [3.63, 3.8) is 0 Å². The molecule has 1 aromatic rings. The summed E-state index contributed by atoms with van der Waals surface area (Å²) in [5, 5.41) is 9.44. The Kier molecular flexibility index (Phi) is 5.20. The van der Waals surface area contributed by atoms with Crippen LogP contribution < -0.4 is 0 Å². The second-order valence-electron chi connectivity index (χ2n) is 5.37. The normalized spacial score (nSPS) is 19.5. The number of carbonyl (C=O) groups excluding carboxylic acids is 1. The predicted molar refractivity (Wildman–Crippen MR) is 80.4 cm³/mol. The van der Waals surface area contributed by atoms with Crippen molar-refractivity contribution < 1.29 is 14.7 Å². The number of amides is 1. The fourth-order valence-electron chi connectivity index (χ4n) is 2.66. The third-order valence-corrected chi connectivity index (χ3v) is 3.87. The molecule has 0 aromatic heterocycles. The van der Waals surface area contributed by atoms with Gasteiger partial charge in [-0.3, -0.25) is 14.5 Å². The van der Waals surface area contributed by atoms with Gasteiger partial charge in [-0.05, 0) is 24.6 Å². The molecule has 1 heterocycles. The molecule has 21 heavy (non-hydrogen) atoms. The molecule has 1 fully saturated rings. The van der Waals surface area contributed by atoms with Gasteiger partial charge < -0.3 is 10.0 Å². The molecule has 0 aliphatic carbocycles. The number of carboxylic acids is 1. The van der Waals surface area contributed by atoms with Crippen molar-refractivity contribution in [1.29, 1.82) is 0 Å². The zero-order valence-electron chi connectivity index (χ0n) is 12.0. The third-order valence-electron chi connectivity index (χ3n) is 3.64. The Morgan fingerprint density at radius 1 is 1.38 bits per heavy atom. The summed E-state index contributed by atoms with van der Waals surface area (Å²) in [6, 6.07) is 7.31. The van der Waals surface area contributed by atoms with Crippen molar-refractivity contribution in [2.24, 2.45) is 0 Å². The lowest BCUT2D eigenvalue weighted by atomic mass is 10.1. The van der Waals surface area contributed by atoms with E-state index >= 15 is 0 Å². The molecule has 0 radical (unpaired) electrons. The molecule has 5 nitrogen and oxygen atoms in total. The van der Waals surface area contributed by atoms with Gasteiger partial charge in [0.05, 0.1) is 13.0 Å². The van der Waals surface area contributed by atoms with Crippen LogP contribution in [-0.2, 0) is 16.0 Å². The van der Waals surface area contributed by atoms with Crippen LogP contribution in [0.5, 0.6) is 0 Å². The summed E-state index contributed by atoms with van der Waals surface area (Å²) in [6.45, 7) is 3.73. The average Bonchev–Trinajstić information content (AvgIpc) is 2.37. The Morgan fingerprint density at radius 2 is 2.14 bits per heavy atom.